The van der Waals surface area contributed by atoms with Gasteiger partial charge in [0.15, 0.2) is 5.78 Å². The molecule has 0 amide bonds. The third kappa shape index (κ3) is 3.52. The van der Waals surface area contributed by atoms with Gasteiger partial charge in [-0.05, 0) is 35.9 Å². The molecule has 0 bridgehead atoms. The maximum absolute atomic E-state index is 12.6. The Balaban J connectivity index is 2.45. The van der Waals surface area contributed by atoms with Crippen LogP contribution in [0.15, 0.2) is 51.4 Å². The smallest absolute Gasteiger partial charge is 0.188 e. The molecule has 0 saturated heterocycles. The lowest BCUT2D eigenvalue weighted by Gasteiger charge is -2.12. The number of ketones is 1. The zero-order chi connectivity index (χ0) is 15.4. The molecular formula is C16H11Br2NO2. The molecule has 3 nitrogen and oxygen atoms in total. The van der Waals surface area contributed by atoms with Crippen LogP contribution in [-0.2, 0) is 0 Å². The predicted molar refractivity (Wildman–Crippen MR) is 87.5 cm³/mol. The number of nitrogens with zero attached hydrogens (tertiary/aromatic N) is 1. The topological polar surface area (TPSA) is 50.1 Å². The highest BCUT2D eigenvalue weighted by Gasteiger charge is 2.24. The van der Waals surface area contributed by atoms with Crippen LogP contribution in [-0.4, -0.2) is 12.9 Å². The van der Waals surface area contributed by atoms with E-state index in [0.29, 0.717) is 16.9 Å². The normalized spacial score (nSPS) is 11.5. The molecule has 106 valence electrons. The lowest BCUT2D eigenvalue weighted by atomic mass is 9.91. The lowest BCUT2D eigenvalue weighted by molar-refractivity contribution is 0.0976. The van der Waals surface area contributed by atoms with Crippen molar-refractivity contribution in [3.8, 4) is 11.8 Å². The molecule has 0 aliphatic carbocycles. The Labute approximate surface area is 139 Å². The first kappa shape index (κ1) is 15.7. The van der Waals surface area contributed by atoms with Gasteiger partial charge < -0.3 is 4.74 Å². The number of nitriles is 1. The second kappa shape index (κ2) is 6.88. The first-order valence-corrected chi connectivity index (χ1v) is 7.68. The van der Waals surface area contributed by atoms with Crippen LogP contribution in [0.2, 0.25) is 0 Å². The predicted octanol–water partition coefficient (Wildman–Crippen LogP) is 4.71. The minimum Gasteiger partial charge on any atom is -0.496 e. The highest BCUT2D eigenvalue weighted by Crippen LogP contribution is 2.29. The van der Waals surface area contributed by atoms with Crippen LogP contribution in [0, 0.1) is 11.3 Å². The van der Waals surface area contributed by atoms with Crippen molar-refractivity contribution in [1.29, 1.82) is 5.26 Å². The Morgan fingerprint density at radius 2 is 1.90 bits per heavy atom. The molecular weight excluding hydrogens is 398 g/mol. The average molecular weight is 409 g/mol. The van der Waals surface area contributed by atoms with Crippen molar-refractivity contribution in [2.24, 2.45) is 0 Å². The SMILES string of the molecule is COc1cc(Br)ccc1C(=O)C(C#N)c1cccc(Br)c1. The fourth-order valence-corrected chi connectivity index (χ4v) is 2.75. The van der Waals surface area contributed by atoms with Gasteiger partial charge in [0.05, 0.1) is 18.7 Å². The fourth-order valence-electron chi connectivity index (χ4n) is 1.99. The van der Waals surface area contributed by atoms with E-state index in [9.17, 15) is 10.1 Å². The summed E-state index contributed by atoms with van der Waals surface area (Å²) in [6, 6.07) is 14.4. The van der Waals surface area contributed by atoms with Gasteiger partial charge >= 0.3 is 0 Å². The second-order valence-corrected chi connectivity index (χ2v) is 6.16. The summed E-state index contributed by atoms with van der Waals surface area (Å²) in [7, 11) is 1.50. The van der Waals surface area contributed by atoms with Gasteiger partial charge in [-0.15, -0.1) is 0 Å². The van der Waals surface area contributed by atoms with E-state index in [4.69, 9.17) is 4.74 Å². The quantitative estimate of drug-likeness (QED) is 0.688. The molecule has 1 unspecified atom stereocenters. The molecule has 21 heavy (non-hydrogen) atoms. The molecule has 0 aliphatic heterocycles. The van der Waals surface area contributed by atoms with Crippen LogP contribution >= 0.6 is 31.9 Å². The van der Waals surface area contributed by atoms with E-state index in [1.807, 2.05) is 6.07 Å². The average Bonchev–Trinajstić information content (AvgIpc) is 2.47. The summed E-state index contributed by atoms with van der Waals surface area (Å²) in [5.41, 5.74) is 1.05. The van der Waals surface area contributed by atoms with Crippen molar-refractivity contribution in [2.75, 3.05) is 7.11 Å². The molecule has 0 fully saturated rings. The largest absolute Gasteiger partial charge is 0.496 e. The molecule has 5 heteroatoms. The molecule has 0 saturated carbocycles. The first-order chi connectivity index (χ1) is 10.1. The third-order valence-corrected chi connectivity index (χ3v) is 3.99. The van der Waals surface area contributed by atoms with Gasteiger partial charge in [-0.3, -0.25) is 4.79 Å². The zero-order valence-electron chi connectivity index (χ0n) is 11.1. The van der Waals surface area contributed by atoms with Crippen molar-refractivity contribution in [2.45, 2.75) is 5.92 Å². The van der Waals surface area contributed by atoms with Gasteiger partial charge in [-0.25, -0.2) is 0 Å². The molecule has 0 heterocycles. The number of carbonyl (C=O) groups excluding carboxylic acids is 1. The number of carbonyl (C=O) groups is 1. The van der Waals surface area contributed by atoms with Crippen molar-refractivity contribution in [3.05, 3.63) is 62.5 Å². The number of hydrogen-bond acceptors (Lipinski definition) is 3. The van der Waals surface area contributed by atoms with Crippen LogP contribution in [0.5, 0.6) is 5.75 Å². The summed E-state index contributed by atoms with van der Waals surface area (Å²) in [6.07, 6.45) is 0. The summed E-state index contributed by atoms with van der Waals surface area (Å²) in [5, 5.41) is 9.38. The maximum Gasteiger partial charge on any atom is 0.188 e. The highest BCUT2D eigenvalue weighted by atomic mass is 79.9. The summed E-state index contributed by atoms with van der Waals surface area (Å²) in [5.74, 6) is -0.692. The third-order valence-electron chi connectivity index (χ3n) is 3.00. The van der Waals surface area contributed by atoms with Gasteiger partial charge in [0.25, 0.3) is 0 Å². The minimum absolute atomic E-state index is 0.278. The molecule has 0 N–H and O–H groups in total. The van der Waals surface area contributed by atoms with Gasteiger partial charge in [0, 0.05) is 8.95 Å². The highest BCUT2D eigenvalue weighted by molar-refractivity contribution is 9.10. The Hall–Kier alpha value is -1.64. The van der Waals surface area contributed by atoms with E-state index < -0.39 is 5.92 Å². The van der Waals surface area contributed by atoms with Gasteiger partial charge in [0.1, 0.15) is 11.7 Å². The summed E-state index contributed by atoms with van der Waals surface area (Å²) < 4.78 is 6.87. The van der Waals surface area contributed by atoms with Crippen LogP contribution in [0.3, 0.4) is 0 Å². The van der Waals surface area contributed by atoms with Gasteiger partial charge in [-0.2, -0.15) is 5.26 Å². The summed E-state index contributed by atoms with van der Waals surface area (Å²) >= 11 is 6.68. The number of ether oxygens (including phenoxy) is 1. The first-order valence-electron chi connectivity index (χ1n) is 6.09. The molecule has 0 aliphatic rings. The Morgan fingerprint density at radius 1 is 1.19 bits per heavy atom. The van der Waals surface area contributed by atoms with E-state index in [1.54, 1.807) is 36.4 Å². The molecule has 0 spiro atoms. The van der Waals surface area contributed by atoms with Gasteiger partial charge in [-0.1, -0.05) is 44.0 Å². The van der Waals surface area contributed by atoms with Crippen LogP contribution < -0.4 is 4.74 Å². The summed E-state index contributed by atoms with van der Waals surface area (Å²) in [6.45, 7) is 0. The second-order valence-electron chi connectivity index (χ2n) is 4.33. The number of Topliss-reactive ketones (excluding diaryl/α,β-unsaturated/α-hetero) is 1. The fraction of sp³-hybridized carbons (Fsp3) is 0.125. The van der Waals surface area contributed by atoms with Gasteiger partial charge in [0.2, 0.25) is 0 Å². The standard InChI is InChI=1S/C16H11Br2NO2/c1-21-15-8-12(18)5-6-13(15)16(20)14(9-19)10-3-2-4-11(17)7-10/h2-8,14H,1H3. The number of hydrogen-bond donors (Lipinski definition) is 0. The van der Waals surface area contributed by atoms with Crippen LogP contribution in [0.25, 0.3) is 0 Å². The van der Waals surface area contributed by atoms with Crippen molar-refractivity contribution >= 4 is 37.6 Å². The van der Waals surface area contributed by atoms with Crippen LogP contribution in [0.1, 0.15) is 21.8 Å². The molecule has 0 aromatic heterocycles. The Bertz CT molecular complexity index is 722. The van der Waals surface area contributed by atoms with Crippen LogP contribution in [0.4, 0.5) is 0 Å². The monoisotopic (exact) mass is 407 g/mol. The Kier molecular flexibility index (Phi) is 5.16. The van der Waals surface area contributed by atoms with E-state index in [0.717, 1.165) is 8.95 Å². The minimum atomic E-state index is -0.863. The van der Waals surface area contributed by atoms with Crippen molar-refractivity contribution in [1.82, 2.24) is 0 Å². The van der Waals surface area contributed by atoms with Crippen molar-refractivity contribution in [3.63, 3.8) is 0 Å². The maximum atomic E-state index is 12.6. The number of methoxy groups -OCH3 is 1. The number of halogens is 2. The van der Waals surface area contributed by atoms with E-state index in [-0.39, 0.29) is 5.78 Å². The lowest BCUT2D eigenvalue weighted by Crippen LogP contribution is -2.12. The van der Waals surface area contributed by atoms with E-state index in [1.165, 1.54) is 7.11 Å². The molecule has 1 atom stereocenters. The molecule has 2 rings (SSSR count). The Morgan fingerprint density at radius 3 is 2.52 bits per heavy atom. The molecule has 0 radical (unpaired) electrons. The van der Waals surface area contributed by atoms with E-state index >= 15 is 0 Å². The van der Waals surface area contributed by atoms with E-state index in [2.05, 4.69) is 37.9 Å². The summed E-state index contributed by atoms with van der Waals surface area (Å²) in [4.78, 5) is 12.6. The molecule has 2 aromatic rings. The molecule has 2 aromatic carbocycles. The number of benzene rings is 2. The van der Waals surface area contributed by atoms with Crippen molar-refractivity contribution < 1.29 is 9.53 Å². The zero-order valence-corrected chi connectivity index (χ0v) is 14.3. The number of rotatable bonds is 4.